The van der Waals surface area contributed by atoms with Gasteiger partial charge in [-0.1, -0.05) is 54.6 Å². The average Bonchev–Trinajstić information content (AvgIpc) is 3.19. The third-order valence-electron chi connectivity index (χ3n) is 5.94. The summed E-state index contributed by atoms with van der Waals surface area (Å²) in [6.07, 6.45) is -3.70. The number of benzene rings is 2. The van der Waals surface area contributed by atoms with Gasteiger partial charge in [0.2, 0.25) is 0 Å². The fraction of sp³-hybridized carbons (Fsp3) is 0.231. The van der Waals surface area contributed by atoms with E-state index in [1.807, 2.05) is 48.5 Å². The SMILES string of the molecule is CN(C(=O)OCC1c2ccccc2-c2ccccc21)[C@@H](Cc1cccnc1)C(=O)OC(=O)C(F)(F)F. The minimum atomic E-state index is -5.36. The molecule has 1 aromatic heterocycles. The van der Waals surface area contributed by atoms with E-state index >= 15 is 0 Å². The number of carbonyl (C=O) groups is 3. The summed E-state index contributed by atoms with van der Waals surface area (Å²) >= 11 is 0. The molecule has 0 saturated heterocycles. The fourth-order valence-electron chi connectivity index (χ4n) is 4.16. The molecule has 0 unspecified atom stereocenters. The molecule has 1 heterocycles. The van der Waals surface area contributed by atoms with E-state index in [-0.39, 0.29) is 18.9 Å². The largest absolute Gasteiger partial charge is 0.491 e. The molecule has 2 aromatic carbocycles. The number of nitrogens with zero attached hydrogens (tertiary/aromatic N) is 2. The monoisotopic (exact) mass is 498 g/mol. The number of rotatable bonds is 6. The van der Waals surface area contributed by atoms with Crippen LogP contribution in [0.2, 0.25) is 0 Å². The highest BCUT2D eigenvalue weighted by Gasteiger charge is 2.44. The number of carbonyl (C=O) groups excluding carboxylic acids is 3. The number of aromatic nitrogens is 1. The maximum Gasteiger partial charge on any atom is 0.491 e. The molecule has 1 aliphatic carbocycles. The minimum Gasteiger partial charge on any atom is -0.448 e. The van der Waals surface area contributed by atoms with Crippen LogP contribution in [-0.2, 0) is 25.5 Å². The van der Waals surface area contributed by atoms with Crippen LogP contribution in [0.1, 0.15) is 22.6 Å². The van der Waals surface area contributed by atoms with E-state index in [0.717, 1.165) is 27.2 Å². The molecule has 7 nitrogen and oxygen atoms in total. The molecule has 1 aliphatic rings. The molecule has 186 valence electrons. The Labute approximate surface area is 204 Å². The molecule has 1 atom stereocenters. The maximum absolute atomic E-state index is 12.9. The lowest BCUT2D eigenvalue weighted by Gasteiger charge is -2.26. The van der Waals surface area contributed by atoms with E-state index in [0.29, 0.717) is 5.56 Å². The van der Waals surface area contributed by atoms with Crippen molar-refractivity contribution in [2.24, 2.45) is 0 Å². The second kappa shape index (κ2) is 10.2. The topological polar surface area (TPSA) is 85.8 Å². The van der Waals surface area contributed by atoms with Crippen LogP contribution in [0.4, 0.5) is 18.0 Å². The maximum atomic E-state index is 12.9. The summed E-state index contributed by atoms with van der Waals surface area (Å²) < 4.78 is 47.5. The average molecular weight is 498 g/mol. The zero-order valence-electron chi connectivity index (χ0n) is 19.1. The zero-order chi connectivity index (χ0) is 25.9. The molecule has 36 heavy (non-hydrogen) atoms. The van der Waals surface area contributed by atoms with E-state index in [1.54, 1.807) is 12.1 Å². The lowest BCUT2D eigenvalue weighted by atomic mass is 9.98. The van der Waals surface area contributed by atoms with Crippen LogP contribution in [-0.4, -0.2) is 53.8 Å². The van der Waals surface area contributed by atoms with Crippen molar-refractivity contribution in [3.63, 3.8) is 0 Å². The third-order valence-corrected chi connectivity index (χ3v) is 5.94. The first kappa shape index (κ1) is 24.9. The number of hydrogen-bond acceptors (Lipinski definition) is 6. The van der Waals surface area contributed by atoms with Gasteiger partial charge in [0.25, 0.3) is 0 Å². The number of fused-ring (bicyclic) bond motifs is 3. The van der Waals surface area contributed by atoms with Crippen molar-refractivity contribution in [3.8, 4) is 11.1 Å². The van der Waals surface area contributed by atoms with Gasteiger partial charge in [0.05, 0.1) is 0 Å². The highest BCUT2D eigenvalue weighted by Crippen LogP contribution is 2.44. The molecular formula is C26H21F3N2O5. The van der Waals surface area contributed by atoms with E-state index in [1.165, 1.54) is 19.4 Å². The number of hydrogen-bond donors (Lipinski definition) is 0. The lowest BCUT2D eigenvalue weighted by molar-refractivity contribution is -0.203. The van der Waals surface area contributed by atoms with Crippen molar-refractivity contribution < 1.29 is 37.0 Å². The third kappa shape index (κ3) is 5.22. The molecule has 0 radical (unpaired) electrons. The van der Waals surface area contributed by atoms with E-state index in [4.69, 9.17) is 4.74 Å². The first-order valence-corrected chi connectivity index (χ1v) is 11.0. The summed E-state index contributed by atoms with van der Waals surface area (Å²) in [5.74, 6) is -4.45. The van der Waals surface area contributed by atoms with Gasteiger partial charge in [-0.15, -0.1) is 0 Å². The summed E-state index contributed by atoms with van der Waals surface area (Å²) in [7, 11) is 1.19. The van der Waals surface area contributed by atoms with Crippen molar-refractivity contribution in [3.05, 3.63) is 89.7 Å². The van der Waals surface area contributed by atoms with Gasteiger partial charge in [-0.2, -0.15) is 13.2 Å². The van der Waals surface area contributed by atoms with Gasteiger partial charge < -0.3 is 9.47 Å². The van der Waals surface area contributed by atoms with Crippen molar-refractivity contribution in [2.75, 3.05) is 13.7 Å². The molecule has 3 aromatic rings. The van der Waals surface area contributed by atoms with Crippen LogP contribution in [0, 0.1) is 0 Å². The first-order valence-electron chi connectivity index (χ1n) is 11.0. The number of esters is 2. The number of alkyl halides is 3. The molecule has 4 rings (SSSR count). The molecule has 0 aliphatic heterocycles. The van der Waals surface area contributed by atoms with Gasteiger partial charge in [0.1, 0.15) is 12.6 Å². The van der Waals surface area contributed by atoms with Crippen LogP contribution in [0.15, 0.2) is 73.1 Å². The molecule has 0 saturated carbocycles. The highest BCUT2D eigenvalue weighted by molar-refractivity contribution is 5.92. The Hall–Kier alpha value is -4.21. The summed E-state index contributed by atoms with van der Waals surface area (Å²) in [5.41, 5.74) is 4.42. The van der Waals surface area contributed by atoms with Crippen LogP contribution >= 0.6 is 0 Å². The predicted octanol–water partition coefficient (Wildman–Crippen LogP) is 4.51. The molecule has 1 amide bonds. The second-order valence-corrected chi connectivity index (χ2v) is 8.20. The van der Waals surface area contributed by atoms with Gasteiger partial charge in [0.15, 0.2) is 0 Å². The standard InChI is InChI=1S/C26H21F3N2O5/c1-31(22(13-16-7-6-12-30-14-16)23(32)36-24(33)26(27,28)29)25(34)35-15-21-19-10-4-2-8-17(19)18-9-3-5-11-20(18)21/h2-12,14,21-22H,13,15H2,1H3/t22-/m0/s1. The predicted molar refractivity (Wildman–Crippen MR) is 122 cm³/mol. The van der Waals surface area contributed by atoms with E-state index in [9.17, 15) is 27.6 Å². The fourth-order valence-corrected chi connectivity index (χ4v) is 4.16. The number of likely N-dealkylation sites (N-methyl/N-ethyl adjacent to an activating group) is 1. The Kier molecular flexibility index (Phi) is 7.05. The van der Waals surface area contributed by atoms with Crippen molar-refractivity contribution >= 4 is 18.0 Å². The number of halogens is 3. The van der Waals surface area contributed by atoms with Crippen LogP contribution in [0.25, 0.3) is 11.1 Å². The first-order chi connectivity index (χ1) is 17.2. The Bertz CT molecular complexity index is 1230. The van der Waals surface area contributed by atoms with Gasteiger partial charge in [-0.25, -0.2) is 14.4 Å². The highest BCUT2D eigenvalue weighted by atomic mass is 19.4. The molecule has 0 spiro atoms. The molecule has 0 bridgehead atoms. The van der Waals surface area contributed by atoms with Gasteiger partial charge >= 0.3 is 24.2 Å². The summed E-state index contributed by atoms with van der Waals surface area (Å²) in [6.45, 7) is -0.0622. The molecular weight excluding hydrogens is 477 g/mol. The Morgan fingerprint density at radius 2 is 1.58 bits per heavy atom. The molecule has 10 heteroatoms. The smallest absolute Gasteiger partial charge is 0.448 e. The number of amides is 1. The van der Waals surface area contributed by atoms with Gasteiger partial charge in [0, 0.05) is 31.8 Å². The van der Waals surface area contributed by atoms with Gasteiger partial charge in [-0.3, -0.25) is 9.88 Å². The lowest BCUT2D eigenvalue weighted by Crippen LogP contribution is -2.46. The number of ether oxygens (including phenoxy) is 2. The Balaban J connectivity index is 1.51. The van der Waals surface area contributed by atoms with Crippen molar-refractivity contribution in [1.29, 1.82) is 0 Å². The molecule has 0 N–H and O–H groups in total. The van der Waals surface area contributed by atoms with Crippen LogP contribution in [0.3, 0.4) is 0 Å². The molecule has 0 fully saturated rings. The Morgan fingerprint density at radius 1 is 0.972 bits per heavy atom. The Morgan fingerprint density at radius 3 is 2.14 bits per heavy atom. The quantitative estimate of drug-likeness (QED) is 0.367. The summed E-state index contributed by atoms with van der Waals surface area (Å²) in [4.78, 5) is 41.4. The second-order valence-electron chi connectivity index (χ2n) is 8.20. The zero-order valence-corrected chi connectivity index (χ0v) is 19.1. The van der Waals surface area contributed by atoms with Crippen molar-refractivity contribution in [2.45, 2.75) is 24.6 Å². The van der Waals surface area contributed by atoms with Crippen molar-refractivity contribution in [1.82, 2.24) is 9.88 Å². The minimum absolute atomic E-state index is 0.0622. The van der Waals surface area contributed by atoms with Crippen LogP contribution in [0.5, 0.6) is 0 Å². The van der Waals surface area contributed by atoms with Crippen LogP contribution < -0.4 is 0 Å². The number of pyridine rings is 1. The van der Waals surface area contributed by atoms with E-state index in [2.05, 4.69) is 9.72 Å². The summed E-state index contributed by atoms with van der Waals surface area (Å²) in [6, 6.07) is 17.0. The van der Waals surface area contributed by atoms with E-state index < -0.39 is 30.2 Å². The normalized spacial score (nSPS) is 13.3. The van der Waals surface area contributed by atoms with Gasteiger partial charge in [-0.05, 0) is 33.9 Å². The summed E-state index contributed by atoms with van der Waals surface area (Å²) in [5, 5.41) is 0.